The summed E-state index contributed by atoms with van der Waals surface area (Å²) in [6.07, 6.45) is -1.07. The summed E-state index contributed by atoms with van der Waals surface area (Å²) in [6, 6.07) is 2.21. The van der Waals surface area contributed by atoms with Crippen LogP contribution in [0.4, 0.5) is 19.0 Å². The standard InChI is InChI=1S/C11H7ClF3N3/c12-6-3-7(10(16)18-4-6)8-5-17-2-1-9(8)11(13,14)15/h1-5H,(H2,16,18). The molecule has 0 aliphatic rings. The quantitative estimate of drug-likeness (QED) is 0.866. The summed E-state index contributed by atoms with van der Waals surface area (Å²) in [5, 5.41) is 0.205. The van der Waals surface area contributed by atoms with Crippen LogP contribution in [-0.4, -0.2) is 9.97 Å². The molecule has 0 aliphatic heterocycles. The van der Waals surface area contributed by atoms with E-state index in [-0.39, 0.29) is 22.0 Å². The lowest BCUT2D eigenvalue weighted by Crippen LogP contribution is -2.08. The fourth-order valence-corrected chi connectivity index (χ4v) is 1.68. The van der Waals surface area contributed by atoms with Crippen LogP contribution in [0.2, 0.25) is 5.02 Å². The van der Waals surface area contributed by atoms with Crippen LogP contribution < -0.4 is 5.73 Å². The average molecular weight is 274 g/mol. The van der Waals surface area contributed by atoms with Crippen molar-refractivity contribution in [2.24, 2.45) is 0 Å². The SMILES string of the molecule is Nc1ncc(Cl)cc1-c1cnccc1C(F)(F)F. The number of hydrogen-bond donors (Lipinski definition) is 1. The lowest BCUT2D eigenvalue weighted by Gasteiger charge is -2.13. The largest absolute Gasteiger partial charge is 0.417 e. The fourth-order valence-electron chi connectivity index (χ4n) is 1.52. The van der Waals surface area contributed by atoms with Crippen molar-refractivity contribution >= 4 is 17.4 Å². The van der Waals surface area contributed by atoms with Gasteiger partial charge in [0.25, 0.3) is 0 Å². The lowest BCUT2D eigenvalue weighted by molar-refractivity contribution is -0.137. The zero-order valence-corrected chi connectivity index (χ0v) is 9.63. The van der Waals surface area contributed by atoms with E-state index in [1.807, 2.05) is 0 Å². The van der Waals surface area contributed by atoms with Gasteiger partial charge in [0.05, 0.1) is 10.6 Å². The molecule has 0 aliphatic carbocycles. The molecule has 2 N–H and O–H groups in total. The van der Waals surface area contributed by atoms with E-state index in [0.717, 1.165) is 18.5 Å². The van der Waals surface area contributed by atoms with E-state index in [9.17, 15) is 13.2 Å². The van der Waals surface area contributed by atoms with Crippen LogP contribution in [0.5, 0.6) is 0 Å². The Morgan fingerprint density at radius 2 is 1.89 bits per heavy atom. The summed E-state index contributed by atoms with van der Waals surface area (Å²) in [5.41, 5.74) is 4.72. The molecule has 2 heterocycles. The third kappa shape index (κ3) is 2.38. The highest BCUT2D eigenvalue weighted by Gasteiger charge is 2.34. The predicted molar refractivity (Wildman–Crippen MR) is 61.9 cm³/mol. The third-order valence-corrected chi connectivity index (χ3v) is 2.51. The predicted octanol–water partition coefficient (Wildman–Crippen LogP) is 3.40. The first kappa shape index (κ1) is 12.6. The van der Waals surface area contributed by atoms with Gasteiger partial charge in [-0.3, -0.25) is 4.98 Å². The first-order chi connectivity index (χ1) is 8.39. The first-order valence-electron chi connectivity index (χ1n) is 4.82. The molecule has 0 spiro atoms. The maximum absolute atomic E-state index is 12.8. The summed E-state index contributed by atoms with van der Waals surface area (Å²) in [5.74, 6) is -0.0297. The zero-order chi connectivity index (χ0) is 13.3. The Morgan fingerprint density at radius 1 is 1.17 bits per heavy atom. The molecule has 0 bridgehead atoms. The molecule has 7 heteroatoms. The van der Waals surface area contributed by atoms with Crippen molar-refractivity contribution in [3.8, 4) is 11.1 Å². The van der Waals surface area contributed by atoms with Gasteiger partial charge in [0.2, 0.25) is 0 Å². The average Bonchev–Trinajstić information content (AvgIpc) is 2.31. The zero-order valence-electron chi connectivity index (χ0n) is 8.87. The molecular weight excluding hydrogens is 267 g/mol. The molecule has 2 rings (SSSR count). The number of anilines is 1. The molecule has 0 unspecified atom stereocenters. The molecule has 0 atom stereocenters. The van der Waals surface area contributed by atoms with Crippen LogP contribution in [-0.2, 0) is 6.18 Å². The molecule has 2 aromatic rings. The Morgan fingerprint density at radius 3 is 2.56 bits per heavy atom. The molecule has 0 radical (unpaired) electrons. The number of nitrogen functional groups attached to an aromatic ring is 1. The number of alkyl halides is 3. The fraction of sp³-hybridized carbons (Fsp3) is 0.0909. The van der Waals surface area contributed by atoms with Crippen LogP contribution in [0, 0.1) is 0 Å². The summed E-state index contributed by atoms with van der Waals surface area (Å²) in [6.45, 7) is 0. The van der Waals surface area contributed by atoms with E-state index in [4.69, 9.17) is 17.3 Å². The highest BCUT2D eigenvalue weighted by Crippen LogP contribution is 2.38. The number of halogens is 4. The Labute approximate surface area is 105 Å². The minimum absolute atomic E-state index is 0.0297. The van der Waals surface area contributed by atoms with Gasteiger partial charge in [0.15, 0.2) is 0 Å². The second-order valence-corrected chi connectivity index (χ2v) is 3.94. The van der Waals surface area contributed by atoms with Crippen LogP contribution in [0.25, 0.3) is 11.1 Å². The van der Waals surface area contributed by atoms with Crippen molar-refractivity contribution in [2.45, 2.75) is 6.18 Å². The molecule has 94 valence electrons. The lowest BCUT2D eigenvalue weighted by atomic mass is 10.0. The topological polar surface area (TPSA) is 51.8 Å². The Kier molecular flexibility index (Phi) is 3.13. The maximum atomic E-state index is 12.8. The van der Waals surface area contributed by atoms with E-state index in [1.165, 1.54) is 12.3 Å². The van der Waals surface area contributed by atoms with E-state index < -0.39 is 11.7 Å². The van der Waals surface area contributed by atoms with E-state index >= 15 is 0 Å². The van der Waals surface area contributed by atoms with Gasteiger partial charge in [-0.1, -0.05) is 11.6 Å². The van der Waals surface area contributed by atoms with Crippen LogP contribution in [0.15, 0.2) is 30.7 Å². The van der Waals surface area contributed by atoms with Crippen molar-refractivity contribution in [3.63, 3.8) is 0 Å². The number of nitrogens with zero attached hydrogens (tertiary/aromatic N) is 2. The number of nitrogens with two attached hydrogens (primary N) is 1. The van der Waals surface area contributed by atoms with Crippen LogP contribution in [0.1, 0.15) is 5.56 Å². The summed E-state index contributed by atoms with van der Waals surface area (Å²) >= 11 is 5.71. The normalized spacial score (nSPS) is 11.6. The molecule has 0 amide bonds. The van der Waals surface area contributed by atoms with Crippen molar-refractivity contribution in [1.29, 1.82) is 0 Å². The summed E-state index contributed by atoms with van der Waals surface area (Å²) in [4.78, 5) is 7.41. The molecule has 3 nitrogen and oxygen atoms in total. The van der Waals surface area contributed by atoms with Crippen molar-refractivity contribution in [3.05, 3.63) is 41.3 Å². The molecular formula is C11H7ClF3N3. The van der Waals surface area contributed by atoms with Gasteiger partial charge in [0, 0.05) is 29.7 Å². The third-order valence-electron chi connectivity index (χ3n) is 2.30. The van der Waals surface area contributed by atoms with Gasteiger partial charge in [-0.25, -0.2) is 4.98 Å². The van der Waals surface area contributed by atoms with Gasteiger partial charge in [-0.2, -0.15) is 13.2 Å². The second-order valence-electron chi connectivity index (χ2n) is 3.51. The van der Waals surface area contributed by atoms with Gasteiger partial charge < -0.3 is 5.73 Å². The maximum Gasteiger partial charge on any atom is 0.417 e. The van der Waals surface area contributed by atoms with E-state index in [2.05, 4.69) is 9.97 Å². The van der Waals surface area contributed by atoms with Crippen molar-refractivity contribution in [2.75, 3.05) is 5.73 Å². The smallest absolute Gasteiger partial charge is 0.383 e. The minimum atomic E-state index is -4.49. The number of aromatic nitrogens is 2. The molecule has 0 fully saturated rings. The second kappa shape index (κ2) is 4.45. The first-order valence-corrected chi connectivity index (χ1v) is 5.20. The molecule has 18 heavy (non-hydrogen) atoms. The molecule has 0 aromatic carbocycles. The van der Waals surface area contributed by atoms with E-state index in [1.54, 1.807) is 0 Å². The van der Waals surface area contributed by atoms with Gasteiger partial charge in [0.1, 0.15) is 5.82 Å². The molecule has 2 aromatic heterocycles. The van der Waals surface area contributed by atoms with Crippen molar-refractivity contribution in [1.82, 2.24) is 9.97 Å². The Balaban J connectivity index is 2.68. The minimum Gasteiger partial charge on any atom is -0.383 e. The van der Waals surface area contributed by atoms with Gasteiger partial charge in [-0.15, -0.1) is 0 Å². The van der Waals surface area contributed by atoms with Crippen molar-refractivity contribution < 1.29 is 13.2 Å². The van der Waals surface area contributed by atoms with Crippen LogP contribution in [0.3, 0.4) is 0 Å². The van der Waals surface area contributed by atoms with Crippen LogP contribution >= 0.6 is 11.6 Å². The number of rotatable bonds is 1. The Bertz CT molecular complexity index is 584. The van der Waals surface area contributed by atoms with E-state index in [0.29, 0.717) is 0 Å². The number of hydrogen-bond acceptors (Lipinski definition) is 3. The highest BCUT2D eigenvalue weighted by molar-refractivity contribution is 6.30. The Hall–Kier alpha value is -1.82. The summed E-state index contributed by atoms with van der Waals surface area (Å²) in [7, 11) is 0. The van der Waals surface area contributed by atoms with Gasteiger partial charge >= 0.3 is 6.18 Å². The highest BCUT2D eigenvalue weighted by atomic mass is 35.5. The van der Waals surface area contributed by atoms with Gasteiger partial charge in [-0.05, 0) is 12.1 Å². The summed E-state index contributed by atoms with van der Waals surface area (Å²) < 4.78 is 38.5. The monoisotopic (exact) mass is 273 g/mol. The molecule has 0 saturated carbocycles. The number of pyridine rings is 2. The molecule has 0 saturated heterocycles.